The lowest BCUT2D eigenvalue weighted by Gasteiger charge is -2.34. The highest BCUT2D eigenvalue weighted by molar-refractivity contribution is 5.01. The largest absolute Gasteiger partial charge is 0.392 e. The smallest absolute Gasteiger partial charge is 0.0670 e. The summed E-state index contributed by atoms with van der Waals surface area (Å²) >= 11 is 0. The number of rotatable bonds is 2. The summed E-state index contributed by atoms with van der Waals surface area (Å²) in [7, 11) is 0. The molecule has 3 heteroatoms. The number of nitrogens with zero attached hydrogens (tertiary/aromatic N) is 1. The average Bonchev–Trinajstić information content (AvgIpc) is 2.98. The second kappa shape index (κ2) is 4.04. The van der Waals surface area contributed by atoms with E-state index < -0.39 is 0 Å². The Balaban J connectivity index is 1.53. The molecular weight excluding hydrogens is 188 g/mol. The Kier molecular flexibility index (Phi) is 2.71. The SMILES string of the molecule is OC1CC2CC2N(CC2CCNCC2)C1. The van der Waals surface area contributed by atoms with E-state index in [1.165, 1.54) is 38.9 Å². The fraction of sp³-hybridized carbons (Fsp3) is 1.00. The van der Waals surface area contributed by atoms with Crippen LogP contribution < -0.4 is 5.32 Å². The monoisotopic (exact) mass is 210 g/mol. The molecular formula is C12H22N2O. The van der Waals surface area contributed by atoms with E-state index >= 15 is 0 Å². The quantitative estimate of drug-likeness (QED) is 0.694. The lowest BCUT2D eigenvalue weighted by atomic mass is 9.96. The first kappa shape index (κ1) is 10.1. The molecule has 3 aliphatic rings. The van der Waals surface area contributed by atoms with E-state index in [1.54, 1.807) is 0 Å². The third kappa shape index (κ3) is 2.19. The van der Waals surface area contributed by atoms with Gasteiger partial charge in [-0.25, -0.2) is 0 Å². The van der Waals surface area contributed by atoms with Crippen LogP contribution in [-0.2, 0) is 0 Å². The first-order valence-corrected chi connectivity index (χ1v) is 6.46. The molecule has 3 atom stereocenters. The molecule has 0 aromatic carbocycles. The summed E-state index contributed by atoms with van der Waals surface area (Å²) in [5.74, 6) is 1.70. The number of aliphatic hydroxyl groups is 1. The van der Waals surface area contributed by atoms with Crippen molar-refractivity contribution in [1.29, 1.82) is 0 Å². The van der Waals surface area contributed by atoms with Crippen LogP contribution in [0.25, 0.3) is 0 Å². The summed E-state index contributed by atoms with van der Waals surface area (Å²) in [6.45, 7) is 4.55. The van der Waals surface area contributed by atoms with Crippen LogP contribution in [0.5, 0.6) is 0 Å². The highest BCUT2D eigenvalue weighted by Crippen LogP contribution is 2.43. The van der Waals surface area contributed by atoms with E-state index in [2.05, 4.69) is 10.2 Å². The standard InChI is InChI=1S/C12H22N2O/c15-11-5-10-6-12(10)14(8-11)7-9-1-3-13-4-2-9/h9-13,15H,1-8H2. The van der Waals surface area contributed by atoms with Gasteiger partial charge in [0.15, 0.2) is 0 Å². The van der Waals surface area contributed by atoms with Crippen molar-refractivity contribution in [3.05, 3.63) is 0 Å². The number of aliphatic hydroxyl groups excluding tert-OH is 1. The van der Waals surface area contributed by atoms with E-state index in [4.69, 9.17) is 0 Å². The summed E-state index contributed by atoms with van der Waals surface area (Å²) in [6.07, 6.45) is 5.01. The summed E-state index contributed by atoms with van der Waals surface area (Å²) in [5, 5.41) is 13.2. The van der Waals surface area contributed by atoms with E-state index in [-0.39, 0.29) is 6.10 Å². The fourth-order valence-corrected chi connectivity index (χ4v) is 3.37. The molecule has 2 aliphatic heterocycles. The molecule has 1 saturated carbocycles. The maximum Gasteiger partial charge on any atom is 0.0670 e. The van der Waals surface area contributed by atoms with Crippen LogP contribution in [0.4, 0.5) is 0 Å². The van der Waals surface area contributed by atoms with Gasteiger partial charge in [-0.05, 0) is 50.6 Å². The van der Waals surface area contributed by atoms with Gasteiger partial charge in [0.2, 0.25) is 0 Å². The Morgan fingerprint density at radius 3 is 2.80 bits per heavy atom. The van der Waals surface area contributed by atoms with Gasteiger partial charge in [-0.1, -0.05) is 0 Å². The van der Waals surface area contributed by atoms with Crippen molar-refractivity contribution in [2.45, 2.75) is 37.8 Å². The molecule has 1 aliphatic carbocycles. The number of hydrogen-bond donors (Lipinski definition) is 2. The fourth-order valence-electron chi connectivity index (χ4n) is 3.37. The highest BCUT2D eigenvalue weighted by Gasteiger charge is 2.47. The normalized spacial score (nSPS) is 42.6. The van der Waals surface area contributed by atoms with Gasteiger partial charge < -0.3 is 10.4 Å². The molecule has 0 amide bonds. The van der Waals surface area contributed by atoms with Crippen molar-refractivity contribution in [3.8, 4) is 0 Å². The summed E-state index contributed by atoms with van der Waals surface area (Å²) < 4.78 is 0. The van der Waals surface area contributed by atoms with Crippen LogP contribution in [0.1, 0.15) is 25.7 Å². The zero-order chi connectivity index (χ0) is 10.3. The predicted molar refractivity (Wildman–Crippen MR) is 59.7 cm³/mol. The third-order valence-electron chi connectivity index (χ3n) is 4.33. The minimum Gasteiger partial charge on any atom is -0.392 e. The van der Waals surface area contributed by atoms with Gasteiger partial charge in [0.25, 0.3) is 0 Å². The van der Waals surface area contributed by atoms with E-state index in [0.29, 0.717) is 0 Å². The number of hydrogen-bond acceptors (Lipinski definition) is 3. The Morgan fingerprint density at radius 1 is 1.20 bits per heavy atom. The zero-order valence-electron chi connectivity index (χ0n) is 9.36. The minimum atomic E-state index is -0.0459. The van der Waals surface area contributed by atoms with Gasteiger partial charge in [0, 0.05) is 19.1 Å². The number of fused-ring (bicyclic) bond motifs is 1. The van der Waals surface area contributed by atoms with Crippen molar-refractivity contribution in [1.82, 2.24) is 10.2 Å². The molecule has 3 fully saturated rings. The minimum absolute atomic E-state index is 0.0459. The molecule has 0 aromatic heterocycles. The lowest BCUT2D eigenvalue weighted by Crippen LogP contribution is -2.44. The molecule has 15 heavy (non-hydrogen) atoms. The van der Waals surface area contributed by atoms with Gasteiger partial charge in [-0.15, -0.1) is 0 Å². The first-order valence-electron chi connectivity index (χ1n) is 6.46. The predicted octanol–water partition coefficient (Wildman–Crippen LogP) is 0.441. The number of nitrogens with one attached hydrogen (secondary N) is 1. The maximum atomic E-state index is 9.75. The molecule has 2 N–H and O–H groups in total. The third-order valence-corrected chi connectivity index (χ3v) is 4.33. The van der Waals surface area contributed by atoms with Gasteiger partial charge in [0.1, 0.15) is 0 Å². The summed E-state index contributed by atoms with van der Waals surface area (Å²) in [6, 6.07) is 0.836. The van der Waals surface area contributed by atoms with E-state index in [9.17, 15) is 5.11 Å². The van der Waals surface area contributed by atoms with Crippen LogP contribution in [0, 0.1) is 11.8 Å². The van der Waals surface area contributed by atoms with Crippen LogP contribution >= 0.6 is 0 Å². The topological polar surface area (TPSA) is 35.5 Å². The van der Waals surface area contributed by atoms with Crippen LogP contribution in [0.15, 0.2) is 0 Å². The number of β-amino-alcohol motifs (C(OH)–C–C–N with tert-alkyl or cyclic N) is 1. The van der Waals surface area contributed by atoms with Crippen LogP contribution in [0.3, 0.4) is 0 Å². The van der Waals surface area contributed by atoms with Crippen LogP contribution in [0.2, 0.25) is 0 Å². The first-order chi connectivity index (χ1) is 7.33. The maximum absolute atomic E-state index is 9.75. The Bertz CT molecular complexity index is 228. The van der Waals surface area contributed by atoms with E-state index in [0.717, 1.165) is 30.8 Å². The Morgan fingerprint density at radius 2 is 2.00 bits per heavy atom. The average molecular weight is 210 g/mol. The van der Waals surface area contributed by atoms with Crippen molar-refractivity contribution in [2.24, 2.45) is 11.8 Å². The second-order valence-corrected chi connectivity index (χ2v) is 5.60. The van der Waals surface area contributed by atoms with Gasteiger partial charge in [-0.2, -0.15) is 0 Å². The van der Waals surface area contributed by atoms with Crippen molar-refractivity contribution >= 4 is 0 Å². The molecule has 2 heterocycles. The van der Waals surface area contributed by atoms with Gasteiger partial charge in [-0.3, -0.25) is 4.90 Å². The Hall–Kier alpha value is -0.120. The van der Waals surface area contributed by atoms with Gasteiger partial charge in [0.05, 0.1) is 6.10 Å². The molecule has 0 aromatic rings. The molecule has 3 rings (SSSR count). The molecule has 0 radical (unpaired) electrons. The number of piperidine rings is 2. The zero-order valence-corrected chi connectivity index (χ0v) is 9.36. The van der Waals surface area contributed by atoms with Crippen molar-refractivity contribution < 1.29 is 5.11 Å². The summed E-state index contributed by atoms with van der Waals surface area (Å²) in [4.78, 5) is 2.56. The van der Waals surface area contributed by atoms with E-state index in [1.807, 2.05) is 0 Å². The summed E-state index contributed by atoms with van der Waals surface area (Å²) in [5.41, 5.74) is 0. The molecule has 3 nitrogen and oxygen atoms in total. The second-order valence-electron chi connectivity index (χ2n) is 5.60. The molecule has 3 unspecified atom stereocenters. The number of likely N-dealkylation sites (tertiary alicyclic amines) is 1. The van der Waals surface area contributed by atoms with Crippen molar-refractivity contribution in [2.75, 3.05) is 26.2 Å². The van der Waals surface area contributed by atoms with Crippen LogP contribution in [-0.4, -0.2) is 48.3 Å². The van der Waals surface area contributed by atoms with Crippen molar-refractivity contribution in [3.63, 3.8) is 0 Å². The molecule has 0 spiro atoms. The lowest BCUT2D eigenvalue weighted by molar-refractivity contribution is 0.0543. The molecule has 2 saturated heterocycles. The van der Waals surface area contributed by atoms with Gasteiger partial charge >= 0.3 is 0 Å². The molecule has 86 valence electrons. The molecule has 0 bridgehead atoms. The Labute approximate surface area is 91.8 Å². The highest BCUT2D eigenvalue weighted by atomic mass is 16.3.